The zero-order valence-corrected chi connectivity index (χ0v) is 16.5. The zero-order valence-electron chi connectivity index (χ0n) is 16.5. The molecular weight excluding hydrogens is 357 g/mol. The maximum absolute atomic E-state index is 15.0. The van der Waals surface area contributed by atoms with E-state index in [1.807, 2.05) is 16.7 Å². The van der Waals surface area contributed by atoms with Gasteiger partial charge < -0.3 is 9.84 Å². The van der Waals surface area contributed by atoms with Crippen molar-refractivity contribution in [3.63, 3.8) is 0 Å². The van der Waals surface area contributed by atoms with Crippen molar-refractivity contribution in [2.75, 3.05) is 5.32 Å². The fourth-order valence-electron chi connectivity index (χ4n) is 3.32. The summed E-state index contributed by atoms with van der Waals surface area (Å²) in [5.41, 5.74) is 3.68. The lowest BCUT2D eigenvalue weighted by molar-refractivity contribution is 0.393. The molecule has 144 valence electrons. The molecule has 3 heterocycles. The van der Waals surface area contributed by atoms with Crippen LogP contribution in [-0.4, -0.2) is 25.1 Å². The highest BCUT2D eigenvalue weighted by molar-refractivity contribution is 5.79. The third-order valence-electron chi connectivity index (χ3n) is 4.47. The molecule has 0 saturated heterocycles. The van der Waals surface area contributed by atoms with Crippen LogP contribution in [-0.2, 0) is 0 Å². The third kappa shape index (κ3) is 3.13. The Morgan fingerprint density at radius 3 is 2.61 bits per heavy atom. The Hall–Kier alpha value is -3.22. The molecule has 0 radical (unpaired) electrons. The molecular formula is C21H22FN5O. The maximum atomic E-state index is 15.0. The van der Waals surface area contributed by atoms with Crippen molar-refractivity contribution in [1.29, 1.82) is 0 Å². The summed E-state index contributed by atoms with van der Waals surface area (Å²) >= 11 is 0. The molecule has 0 aliphatic carbocycles. The zero-order chi connectivity index (χ0) is 20.1. The Balaban J connectivity index is 1.87. The molecule has 0 aliphatic heterocycles. The normalized spacial score (nSPS) is 11.9. The van der Waals surface area contributed by atoms with Gasteiger partial charge in [0.1, 0.15) is 23.1 Å². The Bertz CT molecular complexity index is 1150. The molecule has 0 saturated carbocycles. The van der Waals surface area contributed by atoms with Crippen molar-refractivity contribution >= 4 is 11.5 Å². The van der Waals surface area contributed by atoms with Gasteiger partial charge in [-0.1, -0.05) is 17.3 Å². The molecule has 4 aromatic rings. The van der Waals surface area contributed by atoms with E-state index in [4.69, 9.17) is 4.52 Å². The number of aryl methyl sites for hydroxylation is 2. The molecule has 28 heavy (non-hydrogen) atoms. The number of halogens is 1. The Labute approximate surface area is 162 Å². The van der Waals surface area contributed by atoms with Crippen LogP contribution in [0.1, 0.15) is 32.2 Å². The smallest absolute Gasteiger partial charge is 0.157 e. The minimum Gasteiger partial charge on any atom is -0.365 e. The van der Waals surface area contributed by atoms with Crippen LogP contribution in [0.4, 0.5) is 10.2 Å². The number of imidazole rings is 1. The first-order chi connectivity index (χ1) is 13.2. The molecule has 4 rings (SSSR count). The van der Waals surface area contributed by atoms with E-state index in [0.29, 0.717) is 39.5 Å². The van der Waals surface area contributed by atoms with Crippen molar-refractivity contribution in [1.82, 2.24) is 19.5 Å². The van der Waals surface area contributed by atoms with Gasteiger partial charge in [0.2, 0.25) is 0 Å². The minimum atomic E-state index is -0.344. The molecule has 0 bridgehead atoms. The summed E-state index contributed by atoms with van der Waals surface area (Å²) in [5.74, 6) is 1.05. The van der Waals surface area contributed by atoms with Crippen LogP contribution < -0.4 is 5.32 Å². The third-order valence-corrected chi connectivity index (χ3v) is 4.47. The van der Waals surface area contributed by atoms with E-state index in [9.17, 15) is 0 Å². The lowest BCUT2D eigenvalue weighted by atomic mass is 10.0. The standard InChI is InChI=1S/C21H22FN5O/c1-12-18(13(2)28-26-12)15-7-6-14(10-16(15)22)19-20(25-21(3,4)5)27-9-8-23-11-17(27)24-19/h6-11,25H,1-5H3. The van der Waals surface area contributed by atoms with E-state index in [1.54, 1.807) is 32.3 Å². The van der Waals surface area contributed by atoms with Gasteiger partial charge in [0.15, 0.2) is 5.65 Å². The van der Waals surface area contributed by atoms with Gasteiger partial charge in [-0.05, 0) is 40.7 Å². The van der Waals surface area contributed by atoms with Crippen molar-refractivity contribution < 1.29 is 8.91 Å². The molecule has 1 N–H and O–H groups in total. The molecule has 0 fully saturated rings. The van der Waals surface area contributed by atoms with Gasteiger partial charge in [-0.2, -0.15) is 0 Å². The summed E-state index contributed by atoms with van der Waals surface area (Å²) < 4.78 is 22.2. The lowest BCUT2D eigenvalue weighted by Crippen LogP contribution is -2.27. The van der Waals surface area contributed by atoms with Gasteiger partial charge in [-0.15, -0.1) is 0 Å². The second-order valence-electron chi connectivity index (χ2n) is 7.88. The van der Waals surface area contributed by atoms with Gasteiger partial charge >= 0.3 is 0 Å². The highest BCUT2D eigenvalue weighted by atomic mass is 19.1. The predicted octanol–water partition coefficient (Wildman–Crippen LogP) is 5.02. The van der Waals surface area contributed by atoms with Crippen LogP contribution in [0.25, 0.3) is 28.0 Å². The van der Waals surface area contributed by atoms with Gasteiger partial charge in [0, 0.05) is 29.1 Å². The van der Waals surface area contributed by atoms with Crippen LogP contribution in [0.15, 0.2) is 41.3 Å². The average Bonchev–Trinajstić information content (AvgIpc) is 3.14. The predicted molar refractivity (Wildman–Crippen MR) is 107 cm³/mol. The monoisotopic (exact) mass is 379 g/mol. The molecule has 3 aromatic heterocycles. The number of fused-ring (bicyclic) bond motifs is 1. The van der Waals surface area contributed by atoms with Gasteiger partial charge in [0.25, 0.3) is 0 Å². The van der Waals surface area contributed by atoms with Crippen molar-refractivity contribution in [3.8, 4) is 22.4 Å². The second-order valence-corrected chi connectivity index (χ2v) is 7.88. The molecule has 0 unspecified atom stereocenters. The summed E-state index contributed by atoms with van der Waals surface area (Å²) in [4.78, 5) is 8.82. The Kier molecular flexibility index (Phi) is 4.18. The van der Waals surface area contributed by atoms with Crippen LogP contribution >= 0.6 is 0 Å². The average molecular weight is 379 g/mol. The lowest BCUT2D eigenvalue weighted by Gasteiger charge is -2.22. The Morgan fingerprint density at radius 1 is 1.18 bits per heavy atom. The van der Waals surface area contributed by atoms with E-state index >= 15 is 4.39 Å². The van der Waals surface area contributed by atoms with Crippen LogP contribution in [0.3, 0.4) is 0 Å². The van der Waals surface area contributed by atoms with Crippen LogP contribution in [0.5, 0.6) is 0 Å². The number of hydrogen-bond donors (Lipinski definition) is 1. The fraction of sp³-hybridized carbons (Fsp3) is 0.286. The topological polar surface area (TPSA) is 68.2 Å². The first-order valence-corrected chi connectivity index (χ1v) is 9.08. The van der Waals surface area contributed by atoms with Crippen LogP contribution in [0, 0.1) is 19.7 Å². The fourth-order valence-corrected chi connectivity index (χ4v) is 3.32. The minimum absolute atomic E-state index is 0.191. The molecule has 0 spiro atoms. The Morgan fingerprint density at radius 2 is 1.96 bits per heavy atom. The largest absolute Gasteiger partial charge is 0.365 e. The molecule has 0 atom stereocenters. The van der Waals surface area contributed by atoms with Crippen molar-refractivity contribution in [3.05, 3.63) is 54.1 Å². The van der Waals surface area contributed by atoms with Gasteiger partial charge in [-0.3, -0.25) is 9.38 Å². The molecule has 0 aliphatic rings. The highest BCUT2D eigenvalue weighted by Crippen LogP contribution is 2.35. The summed E-state index contributed by atoms with van der Waals surface area (Å²) in [6.07, 6.45) is 5.23. The number of rotatable bonds is 3. The number of nitrogens with one attached hydrogen (secondary N) is 1. The first kappa shape index (κ1) is 18.2. The van der Waals surface area contributed by atoms with Gasteiger partial charge in [0.05, 0.1) is 17.5 Å². The number of nitrogens with zero attached hydrogens (tertiary/aromatic N) is 4. The van der Waals surface area contributed by atoms with E-state index in [1.165, 1.54) is 6.07 Å². The summed E-state index contributed by atoms with van der Waals surface area (Å²) in [6.45, 7) is 9.79. The number of anilines is 1. The number of benzene rings is 1. The van der Waals surface area contributed by atoms with E-state index in [2.05, 4.69) is 41.2 Å². The van der Waals surface area contributed by atoms with E-state index < -0.39 is 0 Å². The van der Waals surface area contributed by atoms with Crippen molar-refractivity contribution in [2.45, 2.75) is 40.2 Å². The quantitative estimate of drug-likeness (QED) is 0.541. The second kappa shape index (κ2) is 6.44. The van der Waals surface area contributed by atoms with Crippen molar-refractivity contribution in [2.24, 2.45) is 0 Å². The molecule has 6 nitrogen and oxygen atoms in total. The molecule has 7 heteroatoms. The summed E-state index contributed by atoms with van der Waals surface area (Å²) in [5, 5.41) is 7.40. The molecule has 0 amide bonds. The number of aromatic nitrogens is 4. The SMILES string of the molecule is Cc1noc(C)c1-c1ccc(-c2nc3cnccn3c2NC(C)(C)C)cc1F. The number of hydrogen-bond acceptors (Lipinski definition) is 5. The highest BCUT2D eigenvalue weighted by Gasteiger charge is 2.21. The van der Waals surface area contributed by atoms with E-state index in [0.717, 1.165) is 5.82 Å². The summed E-state index contributed by atoms with van der Waals surface area (Å²) in [7, 11) is 0. The van der Waals surface area contributed by atoms with E-state index in [-0.39, 0.29) is 11.4 Å². The van der Waals surface area contributed by atoms with Gasteiger partial charge in [-0.25, -0.2) is 9.37 Å². The first-order valence-electron chi connectivity index (χ1n) is 9.08. The molecule has 1 aromatic carbocycles. The maximum Gasteiger partial charge on any atom is 0.157 e. The van der Waals surface area contributed by atoms with Crippen LogP contribution in [0.2, 0.25) is 0 Å². The summed E-state index contributed by atoms with van der Waals surface area (Å²) in [6, 6.07) is 5.12.